The molecule has 98 valence electrons. The molecule has 1 aliphatic carbocycles. The van der Waals surface area contributed by atoms with Crippen LogP contribution < -0.4 is 5.73 Å². The van der Waals surface area contributed by atoms with Crippen molar-refractivity contribution in [1.29, 1.82) is 0 Å². The molecule has 7 nitrogen and oxygen atoms in total. The van der Waals surface area contributed by atoms with Crippen LogP contribution in [0.25, 0.3) is 15.7 Å². The second-order valence-electron chi connectivity index (χ2n) is 5.00. The molecule has 0 spiro atoms. The number of imidazole rings is 1. The third-order valence-corrected chi connectivity index (χ3v) is 4.60. The van der Waals surface area contributed by atoms with Gasteiger partial charge in [-0.1, -0.05) is 11.3 Å². The fourth-order valence-corrected chi connectivity index (χ4v) is 3.15. The Labute approximate surface area is 112 Å². The average Bonchev–Trinajstić information content (AvgIpc) is 3.03. The molecule has 0 aliphatic heterocycles. The third kappa shape index (κ3) is 1.53. The van der Waals surface area contributed by atoms with Gasteiger partial charge in [-0.2, -0.15) is 9.61 Å². The van der Waals surface area contributed by atoms with Crippen molar-refractivity contribution in [2.75, 3.05) is 0 Å². The first-order chi connectivity index (χ1) is 9.16. The zero-order chi connectivity index (χ0) is 13.0. The van der Waals surface area contributed by atoms with Gasteiger partial charge in [0.05, 0.1) is 17.4 Å². The van der Waals surface area contributed by atoms with Crippen molar-refractivity contribution in [1.82, 2.24) is 29.8 Å². The van der Waals surface area contributed by atoms with Gasteiger partial charge in [0.15, 0.2) is 10.8 Å². The van der Waals surface area contributed by atoms with Crippen LogP contribution >= 0.6 is 11.3 Å². The molecule has 19 heavy (non-hydrogen) atoms. The fourth-order valence-electron chi connectivity index (χ4n) is 2.30. The van der Waals surface area contributed by atoms with E-state index < -0.39 is 0 Å². The molecule has 0 atom stereocenters. The Morgan fingerprint density at radius 1 is 1.42 bits per heavy atom. The summed E-state index contributed by atoms with van der Waals surface area (Å²) in [6.45, 7) is 1.88. The minimum absolute atomic E-state index is 0.271. The maximum Gasteiger partial charge on any atom is 0.235 e. The highest BCUT2D eigenvalue weighted by atomic mass is 32.1. The van der Waals surface area contributed by atoms with Gasteiger partial charge in [-0.3, -0.25) is 0 Å². The van der Waals surface area contributed by atoms with Crippen LogP contribution in [0.4, 0.5) is 0 Å². The van der Waals surface area contributed by atoms with E-state index in [0.717, 1.165) is 40.2 Å². The lowest BCUT2D eigenvalue weighted by atomic mass is 9.77. The maximum absolute atomic E-state index is 6.26. The van der Waals surface area contributed by atoms with Crippen molar-refractivity contribution in [2.24, 2.45) is 5.73 Å². The van der Waals surface area contributed by atoms with E-state index >= 15 is 0 Å². The van der Waals surface area contributed by atoms with E-state index in [0.29, 0.717) is 0 Å². The van der Waals surface area contributed by atoms with Gasteiger partial charge in [-0.15, -0.1) is 10.2 Å². The molecule has 3 aromatic rings. The molecular formula is C11H13N7S. The van der Waals surface area contributed by atoms with Crippen LogP contribution in [0, 0.1) is 6.92 Å². The predicted molar refractivity (Wildman–Crippen MR) is 70.7 cm³/mol. The fraction of sp³-hybridized carbons (Fsp3) is 0.455. The number of H-pyrrole nitrogens is 1. The first-order valence-electron chi connectivity index (χ1n) is 6.19. The number of nitrogens with zero attached hydrogens (tertiary/aromatic N) is 5. The second kappa shape index (κ2) is 3.61. The van der Waals surface area contributed by atoms with Gasteiger partial charge in [0.2, 0.25) is 4.96 Å². The van der Waals surface area contributed by atoms with Crippen molar-refractivity contribution < 1.29 is 0 Å². The lowest BCUT2D eigenvalue weighted by Crippen LogP contribution is -2.44. The number of aryl methyl sites for hydroxylation is 1. The average molecular weight is 275 g/mol. The van der Waals surface area contributed by atoms with E-state index in [9.17, 15) is 0 Å². The molecule has 0 radical (unpaired) electrons. The van der Waals surface area contributed by atoms with Gasteiger partial charge in [0.25, 0.3) is 0 Å². The summed E-state index contributed by atoms with van der Waals surface area (Å²) in [6, 6.07) is 0. The van der Waals surface area contributed by atoms with Crippen LogP contribution in [0.1, 0.15) is 30.9 Å². The van der Waals surface area contributed by atoms with E-state index in [4.69, 9.17) is 5.73 Å². The van der Waals surface area contributed by atoms with Crippen molar-refractivity contribution in [3.63, 3.8) is 0 Å². The summed E-state index contributed by atoms with van der Waals surface area (Å²) in [4.78, 5) is 8.48. The van der Waals surface area contributed by atoms with Gasteiger partial charge in [0, 0.05) is 0 Å². The van der Waals surface area contributed by atoms with Gasteiger partial charge >= 0.3 is 0 Å². The molecule has 3 aromatic heterocycles. The summed E-state index contributed by atoms with van der Waals surface area (Å²) >= 11 is 1.49. The summed E-state index contributed by atoms with van der Waals surface area (Å²) in [7, 11) is 0. The Morgan fingerprint density at radius 3 is 2.95 bits per heavy atom. The van der Waals surface area contributed by atoms with E-state index in [1.54, 1.807) is 10.7 Å². The minimum Gasteiger partial charge on any atom is -0.338 e. The molecule has 0 aromatic carbocycles. The zero-order valence-corrected chi connectivity index (χ0v) is 11.2. The smallest absolute Gasteiger partial charge is 0.235 e. The molecule has 3 heterocycles. The largest absolute Gasteiger partial charge is 0.338 e. The molecule has 1 aliphatic rings. The van der Waals surface area contributed by atoms with Crippen molar-refractivity contribution in [3.8, 4) is 10.7 Å². The number of aromatic amines is 1. The monoisotopic (exact) mass is 275 g/mol. The normalized spacial score (nSPS) is 17.8. The Kier molecular flexibility index (Phi) is 2.10. The summed E-state index contributed by atoms with van der Waals surface area (Å²) in [5, 5.41) is 13.4. The number of nitrogens with one attached hydrogen (secondary N) is 1. The van der Waals surface area contributed by atoms with Gasteiger partial charge in [0.1, 0.15) is 5.82 Å². The number of fused-ring (bicyclic) bond motifs is 1. The Morgan fingerprint density at radius 2 is 2.26 bits per heavy atom. The van der Waals surface area contributed by atoms with Crippen LogP contribution in [0.2, 0.25) is 0 Å². The van der Waals surface area contributed by atoms with Crippen LogP contribution in [0.5, 0.6) is 0 Å². The third-order valence-electron chi connectivity index (χ3n) is 3.67. The molecule has 8 heteroatoms. The van der Waals surface area contributed by atoms with Crippen LogP contribution in [0.3, 0.4) is 0 Å². The minimum atomic E-state index is -0.271. The molecule has 1 saturated carbocycles. The maximum atomic E-state index is 6.26. The first kappa shape index (κ1) is 11.1. The van der Waals surface area contributed by atoms with Crippen molar-refractivity contribution in [3.05, 3.63) is 17.8 Å². The molecule has 0 bridgehead atoms. The van der Waals surface area contributed by atoms with Crippen molar-refractivity contribution >= 4 is 16.3 Å². The van der Waals surface area contributed by atoms with E-state index in [2.05, 4.69) is 25.3 Å². The zero-order valence-electron chi connectivity index (χ0n) is 10.4. The lowest BCUT2D eigenvalue weighted by molar-refractivity contribution is 0.240. The summed E-state index contributed by atoms with van der Waals surface area (Å²) in [5.74, 6) is 1.64. The SMILES string of the molecule is Cc1nnc2sc(-c3cnc(C4(N)CCC4)[nH]3)nn12. The molecular weight excluding hydrogens is 262 g/mol. The number of hydrogen-bond donors (Lipinski definition) is 2. The molecule has 1 fully saturated rings. The number of rotatable bonds is 2. The number of nitrogens with two attached hydrogens (primary N) is 1. The quantitative estimate of drug-likeness (QED) is 0.733. The topological polar surface area (TPSA) is 97.8 Å². The highest BCUT2D eigenvalue weighted by Gasteiger charge is 2.37. The standard InChI is InChI=1S/C11H13N7S/c1-6-15-16-10-18(6)17-8(19-10)7-5-13-9(14-7)11(12)3-2-4-11/h5H,2-4,12H2,1H3,(H,13,14). The Balaban J connectivity index is 1.75. The van der Waals surface area contributed by atoms with Crippen LogP contribution in [-0.4, -0.2) is 29.8 Å². The summed E-state index contributed by atoms with van der Waals surface area (Å²) < 4.78 is 1.74. The van der Waals surface area contributed by atoms with Crippen LogP contribution in [-0.2, 0) is 5.54 Å². The predicted octanol–water partition coefficient (Wildman–Crippen LogP) is 1.22. The van der Waals surface area contributed by atoms with E-state index in [1.165, 1.54) is 17.8 Å². The van der Waals surface area contributed by atoms with Gasteiger partial charge < -0.3 is 10.7 Å². The summed E-state index contributed by atoms with van der Waals surface area (Å²) in [6.07, 6.45) is 4.94. The highest BCUT2D eigenvalue weighted by Crippen LogP contribution is 2.37. The van der Waals surface area contributed by atoms with Gasteiger partial charge in [-0.05, 0) is 26.2 Å². The highest BCUT2D eigenvalue weighted by molar-refractivity contribution is 7.19. The van der Waals surface area contributed by atoms with Gasteiger partial charge in [-0.25, -0.2) is 4.98 Å². The summed E-state index contributed by atoms with van der Waals surface area (Å²) in [5.41, 5.74) is 6.88. The Hall–Kier alpha value is -1.80. The number of hydrogen-bond acceptors (Lipinski definition) is 6. The molecule has 3 N–H and O–H groups in total. The molecule has 0 amide bonds. The van der Waals surface area contributed by atoms with E-state index in [-0.39, 0.29) is 5.54 Å². The van der Waals surface area contributed by atoms with E-state index in [1.807, 2.05) is 6.92 Å². The Bertz CT molecular complexity index is 748. The molecule has 0 saturated heterocycles. The van der Waals surface area contributed by atoms with Crippen LogP contribution in [0.15, 0.2) is 6.20 Å². The first-order valence-corrected chi connectivity index (χ1v) is 7.01. The number of aromatic nitrogens is 6. The second-order valence-corrected chi connectivity index (χ2v) is 5.96. The lowest BCUT2D eigenvalue weighted by Gasteiger charge is -2.35. The molecule has 0 unspecified atom stereocenters. The molecule has 4 rings (SSSR count). The van der Waals surface area contributed by atoms with Crippen molar-refractivity contribution in [2.45, 2.75) is 31.7 Å².